The highest BCUT2D eigenvalue weighted by Gasteiger charge is 2.29. The third-order valence-corrected chi connectivity index (χ3v) is 3.92. The Morgan fingerprint density at radius 1 is 1.15 bits per heavy atom. The van der Waals surface area contributed by atoms with Gasteiger partial charge in [-0.3, -0.25) is 4.90 Å². The second-order valence-electron chi connectivity index (χ2n) is 5.74. The van der Waals surface area contributed by atoms with Gasteiger partial charge in [-0.2, -0.15) is 0 Å². The van der Waals surface area contributed by atoms with Crippen molar-refractivity contribution in [1.82, 2.24) is 10.1 Å². The van der Waals surface area contributed by atoms with E-state index in [1.54, 1.807) is 0 Å². The molecule has 3 rings (SSSR count). The molecule has 0 unspecified atom stereocenters. The van der Waals surface area contributed by atoms with E-state index in [0.717, 1.165) is 31.0 Å². The zero-order valence-electron chi connectivity index (χ0n) is 12.3. The van der Waals surface area contributed by atoms with Crippen LogP contribution < -0.4 is 0 Å². The largest absolute Gasteiger partial charge is 0.360 e. The van der Waals surface area contributed by atoms with E-state index in [4.69, 9.17) is 4.52 Å². The lowest BCUT2D eigenvalue weighted by Gasteiger charge is -2.20. The van der Waals surface area contributed by atoms with Crippen LogP contribution in [0.2, 0.25) is 0 Å². The molecule has 3 heteroatoms. The molecule has 0 spiro atoms. The van der Waals surface area contributed by atoms with Crippen molar-refractivity contribution < 1.29 is 4.52 Å². The molecule has 106 valence electrons. The summed E-state index contributed by atoms with van der Waals surface area (Å²) in [6.45, 7) is 6.02. The van der Waals surface area contributed by atoms with Gasteiger partial charge in [0.05, 0.1) is 12.2 Å². The van der Waals surface area contributed by atoms with Gasteiger partial charge >= 0.3 is 0 Å². The van der Waals surface area contributed by atoms with Crippen LogP contribution in [-0.4, -0.2) is 16.1 Å². The highest BCUT2D eigenvalue weighted by Crippen LogP contribution is 2.30. The van der Waals surface area contributed by atoms with Crippen molar-refractivity contribution in [2.24, 2.45) is 0 Å². The zero-order chi connectivity index (χ0) is 13.9. The van der Waals surface area contributed by atoms with Crippen LogP contribution >= 0.6 is 0 Å². The number of hydrogen-bond donors (Lipinski definition) is 0. The second kappa shape index (κ2) is 5.80. The van der Waals surface area contributed by atoms with Crippen LogP contribution in [-0.2, 0) is 19.5 Å². The number of hydrogen-bond acceptors (Lipinski definition) is 3. The fourth-order valence-corrected chi connectivity index (χ4v) is 2.56. The number of aryl methyl sites for hydroxylation is 2. The van der Waals surface area contributed by atoms with E-state index in [1.165, 1.54) is 24.0 Å². The second-order valence-corrected chi connectivity index (χ2v) is 5.74. The molecule has 0 amide bonds. The summed E-state index contributed by atoms with van der Waals surface area (Å²) < 4.78 is 5.36. The summed E-state index contributed by atoms with van der Waals surface area (Å²) >= 11 is 0. The molecule has 1 aliphatic carbocycles. The lowest BCUT2D eigenvalue weighted by molar-refractivity contribution is 0.214. The standard InChI is InChI=1S/C17H22N2O/c1-3-14-4-6-15(7-5-14)11-19(16-8-9-16)12-17-10-13(2)18-20-17/h4-7,10,16H,3,8-9,11-12H2,1-2H3. The van der Waals surface area contributed by atoms with Gasteiger partial charge in [-0.1, -0.05) is 36.3 Å². The average Bonchev–Trinajstić information content (AvgIpc) is 3.23. The Kier molecular flexibility index (Phi) is 3.88. The first-order chi connectivity index (χ1) is 9.74. The zero-order valence-corrected chi connectivity index (χ0v) is 12.3. The molecular weight excluding hydrogens is 248 g/mol. The highest BCUT2D eigenvalue weighted by molar-refractivity contribution is 5.22. The molecule has 1 aromatic carbocycles. The third kappa shape index (κ3) is 3.28. The van der Waals surface area contributed by atoms with E-state index in [9.17, 15) is 0 Å². The van der Waals surface area contributed by atoms with E-state index in [-0.39, 0.29) is 0 Å². The van der Waals surface area contributed by atoms with Gasteiger partial charge in [-0.25, -0.2) is 0 Å². The topological polar surface area (TPSA) is 29.3 Å². The van der Waals surface area contributed by atoms with Crippen LogP contribution in [0.15, 0.2) is 34.9 Å². The smallest absolute Gasteiger partial charge is 0.150 e. The van der Waals surface area contributed by atoms with Gasteiger partial charge < -0.3 is 4.52 Å². The number of nitrogens with zero attached hydrogens (tertiary/aromatic N) is 2. The van der Waals surface area contributed by atoms with Gasteiger partial charge in [-0.05, 0) is 37.3 Å². The maximum absolute atomic E-state index is 5.36. The summed E-state index contributed by atoms with van der Waals surface area (Å²) in [4.78, 5) is 2.50. The molecule has 1 saturated carbocycles. The SMILES string of the molecule is CCc1ccc(CN(Cc2cc(C)no2)C2CC2)cc1. The summed E-state index contributed by atoms with van der Waals surface area (Å²) in [6.07, 6.45) is 3.71. The summed E-state index contributed by atoms with van der Waals surface area (Å²) in [6, 6.07) is 11.7. The lowest BCUT2D eigenvalue weighted by Crippen LogP contribution is -2.24. The summed E-state index contributed by atoms with van der Waals surface area (Å²) in [7, 11) is 0. The van der Waals surface area contributed by atoms with Crippen molar-refractivity contribution >= 4 is 0 Å². The van der Waals surface area contributed by atoms with E-state index < -0.39 is 0 Å². The Morgan fingerprint density at radius 3 is 2.40 bits per heavy atom. The van der Waals surface area contributed by atoms with E-state index in [1.807, 2.05) is 13.0 Å². The summed E-state index contributed by atoms with van der Waals surface area (Å²) in [5.41, 5.74) is 3.74. The first-order valence-corrected chi connectivity index (χ1v) is 7.48. The molecule has 0 N–H and O–H groups in total. The van der Waals surface area contributed by atoms with Crippen molar-refractivity contribution in [3.8, 4) is 0 Å². The molecule has 0 aliphatic heterocycles. The predicted octanol–water partition coefficient (Wildman–Crippen LogP) is 3.71. The number of rotatable bonds is 6. The first-order valence-electron chi connectivity index (χ1n) is 7.48. The maximum atomic E-state index is 5.36. The van der Waals surface area contributed by atoms with Crippen LogP contribution in [0, 0.1) is 6.92 Å². The monoisotopic (exact) mass is 270 g/mol. The van der Waals surface area contributed by atoms with Gasteiger partial charge in [0.15, 0.2) is 5.76 Å². The predicted molar refractivity (Wildman–Crippen MR) is 79.3 cm³/mol. The fourth-order valence-electron chi connectivity index (χ4n) is 2.56. The minimum Gasteiger partial charge on any atom is -0.360 e. The normalized spacial score (nSPS) is 14.9. The summed E-state index contributed by atoms with van der Waals surface area (Å²) in [5.74, 6) is 0.972. The van der Waals surface area contributed by atoms with Crippen LogP contribution in [0.4, 0.5) is 0 Å². The molecule has 1 aliphatic rings. The van der Waals surface area contributed by atoms with Gasteiger partial charge in [0.1, 0.15) is 0 Å². The highest BCUT2D eigenvalue weighted by atomic mass is 16.5. The Morgan fingerprint density at radius 2 is 1.85 bits per heavy atom. The van der Waals surface area contributed by atoms with Crippen LogP contribution in [0.3, 0.4) is 0 Å². The minimum absolute atomic E-state index is 0.714. The lowest BCUT2D eigenvalue weighted by atomic mass is 10.1. The van der Waals surface area contributed by atoms with Crippen LogP contribution in [0.1, 0.15) is 42.3 Å². The van der Waals surface area contributed by atoms with Gasteiger partial charge in [-0.15, -0.1) is 0 Å². The van der Waals surface area contributed by atoms with Crippen LogP contribution in [0.5, 0.6) is 0 Å². The van der Waals surface area contributed by atoms with Crippen molar-refractivity contribution in [2.45, 2.75) is 52.2 Å². The molecule has 1 heterocycles. The molecule has 0 atom stereocenters. The van der Waals surface area contributed by atoms with E-state index in [0.29, 0.717) is 6.04 Å². The minimum atomic E-state index is 0.714. The molecule has 1 aromatic heterocycles. The Balaban J connectivity index is 1.67. The van der Waals surface area contributed by atoms with Crippen LogP contribution in [0.25, 0.3) is 0 Å². The number of aromatic nitrogens is 1. The molecule has 1 fully saturated rings. The Labute approximate surface area is 120 Å². The number of benzene rings is 1. The van der Waals surface area contributed by atoms with Gasteiger partial charge in [0.2, 0.25) is 0 Å². The van der Waals surface area contributed by atoms with Gasteiger partial charge in [0.25, 0.3) is 0 Å². The Bertz CT molecular complexity index is 555. The van der Waals surface area contributed by atoms with E-state index in [2.05, 4.69) is 41.2 Å². The fraction of sp³-hybridized carbons (Fsp3) is 0.471. The molecule has 0 bridgehead atoms. The average molecular weight is 270 g/mol. The van der Waals surface area contributed by atoms with Crippen molar-refractivity contribution in [2.75, 3.05) is 0 Å². The molecule has 3 nitrogen and oxygen atoms in total. The maximum Gasteiger partial charge on any atom is 0.150 e. The van der Waals surface area contributed by atoms with Crippen molar-refractivity contribution in [3.63, 3.8) is 0 Å². The van der Waals surface area contributed by atoms with Gasteiger partial charge in [0, 0.05) is 18.7 Å². The van der Waals surface area contributed by atoms with E-state index >= 15 is 0 Å². The quantitative estimate of drug-likeness (QED) is 0.801. The van der Waals surface area contributed by atoms with Crippen molar-refractivity contribution in [1.29, 1.82) is 0 Å². The molecule has 0 saturated heterocycles. The van der Waals surface area contributed by atoms with Crippen molar-refractivity contribution in [3.05, 3.63) is 52.9 Å². The Hall–Kier alpha value is -1.61. The molecular formula is C17H22N2O. The first kappa shape index (κ1) is 13.4. The third-order valence-electron chi connectivity index (χ3n) is 3.92. The summed E-state index contributed by atoms with van der Waals surface area (Å²) in [5, 5.41) is 3.98. The molecule has 20 heavy (non-hydrogen) atoms. The molecule has 2 aromatic rings. The molecule has 0 radical (unpaired) electrons.